The molecule has 90 valence electrons. The van der Waals surface area contributed by atoms with Crippen molar-refractivity contribution in [1.29, 1.82) is 0 Å². The first-order valence-corrected chi connectivity index (χ1v) is 6.25. The summed E-state index contributed by atoms with van der Waals surface area (Å²) < 4.78 is 5.56. The molecule has 1 aromatic rings. The van der Waals surface area contributed by atoms with E-state index in [0.29, 0.717) is 0 Å². The minimum absolute atomic E-state index is 0.800. The Morgan fingerprint density at radius 1 is 0.875 bits per heavy atom. The van der Waals surface area contributed by atoms with Gasteiger partial charge in [0.25, 0.3) is 0 Å². The summed E-state index contributed by atoms with van der Waals surface area (Å²) in [4.78, 5) is 0. The molecule has 0 fully saturated rings. The van der Waals surface area contributed by atoms with Crippen molar-refractivity contribution < 1.29 is 4.74 Å². The predicted molar refractivity (Wildman–Crippen MR) is 68.5 cm³/mol. The van der Waals surface area contributed by atoms with E-state index >= 15 is 0 Å². The van der Waals surface area contributed by atoms with E-state index < -0.39 is 0 Å². The van der Waals surface area contributed by atoms with Gasteiger partial charge < -0.3 is 10.5 Å². The Morgan fingerprint density at radius 2 is 1.62 bits per heavy atom. The minimum Gasteiger partial charge on any atom is -0.381 e. The van der Waals surface area contributed by atoms with E-state index in [1.54, 1.807) is 0 Å². The zero-order valence-corrected chi connectivity index (χ0v) is 10.0. The summed E-state index contributed by atoms with van der Waals surface area (Å²) in [6.07, 6.45) is 5.68. The van der Waals surface area contributed by atoms with E-state index in [9.17, 15) is 0 Å². The van der Waals surface area contributed by atoms with E-state index in [0.717, 1.165) is 45.4 Å². The largest absolute Gasteiger partial charge is 0.381 e. The number of hydrogen-bond acceptors (Lipinski definition) is 2. The van der Waals surface area contributed by atoms with Crippen LogP contribution in [0.25, 0.3) is 0 Å². The SMILES string of the molecule is NCCCCCOCCCc1ccccc1. The lowest BCUT2D eigenvalue weighted by atomic mass is 10.1. The van der Waals surface area contributed by atoms with Gasteiger partial charge in [-0.05, 0) is 44.2 Å². The Bertz CT molecular complexity index is 248. The van der Waals surface area contributed by atoms with Crippen molar-refractivity contribution in [3.63, 3.8) is 0 Å². The molecular weight excluding hydrogens is 198 g/mol. The maximum atomic E-state index is 5.56. The third-order valence-electron chi connectivity index (χ3n) is 2.59. The molecule has 0 aromatic heterocycles. The van der Waals surface area contributed by atoms with Crippen LogP contribution in [0.4, 0.5) is 0 Å². The second-order valence-corrected chi connectivity index (χ2v) is 4.05. The summed E-state index contributed by atoms with van der Waals surface area (Å²) in [5.74, 6) is 0. The predicted octanol–water partition coefficient (Wildman–Crippen LogP) is 2.76. The smallest absolute Gasteiger partial charge is 0.0469 e. The fraction of sp³-hybridized carbons (Fsp3) is 0.571. The molecular formula is C14H23NO. The van der Waals surface area contributed by atoms with Crippen molar-refractivity contribution in [1.82, 2.24) is 0 Å². The molecule has 0 bridgehead atoms. The highest BCUT2D eigenvalue weighted by molar-refractivity contribution is 5.14. The lowest BCUT2D eigenvalue weighted by Gasteiger charge is -2.04. The first-order chi connectivity index (χ1) is 7.93. The highest BCUT2D eigenvalue weighted by Crippen LogP contribution is 2.02. The van der Waals surface area contributed by atoms with Crippen molar-refractivity contribution in [2.45, 2.75) is 32.1 Å². The molecule has 0 aliphatic carbocycles. The molecule has 16 heavy (non-hydrogen) atoms. The van der Waals surface area contributed by atoms with Crippen molar-refractivity contribution >= 4 is 0 Å². The highest BCUT2D eigenvalue weighted by Gasteiger charge is 1.93. The third-order valence-corrected chi connectivity index (χ3v) is 2.59. The van der Waals surface area contributed by atoms with Crippen LogP contribution in [0.5, 0.6) is 0 Å². The fourth-order valence-corrected chi connectivity index (χ4v) is 1.65. The van der Waals surface area contributed by atoms with Crippen LogP contribution in [0.3, 0.4) is 0 Å². The van der Waals surface area contributed by atoms with Gasteiger partial charge in [-0.25, -0.2) is 0 Å². The highest BCUT2D eigenvalue weighted by atomic mass is 16.5. The maximum absolute atomic E-state index is 5.56. The summed E-state index contributed by atoms with van der Waals surface area (Å²) >= 11 is 0. The van der Waals surface area contributed by atoms with Gasteiger partial charge in [0.2, 0.25) is 0 Å². The van der Waals surface area contributed by atoms with E-state index in [2.05, 4.69) is 30.3 Å². The standard InChI is InChI=1S/C14H23NO/c15-11-5-2-6-12-16-13-7-10-14-8-3-1-4-9-14/h1,3-4,8-9H,2,5-7,10-13,15H2. The van der Waals surface area contributed by atoms with Crippen LogP contribution in [-0.2, 0) is 11.2 Å². The summed E-state index contributed by atoms with van der Waals surface area (Å²) in [5.41, 5.74) is 6.81. The molecule has 1 rings (SSSR count). The number of aryl methyl sites for hydroxylation is 1. The minimum atomic E-state index is 0.800. The fourth-order valence-electron chi connectivity index (χ4n) is 1.65. The van der Waals surface area contributed by atoms with Crippen molar-refractivity contribution in [2.24, 2.45) is 5.73 Å². The molecule has 0 amide bonds. The molecule has 0 unspecified atom stereocenters. The first-order valence-electron chi connectivity index (χ1n) is 6.25. The number of benzene rings is 1. The molecule has 0 aliphatic heterocycles. The lowest BCUT2D eigenvalue weighted by Crippen LogP contribution is -2.01. The third kappa shape index (κ3) is 6.59. The Labute approximate surface area is 98.8 Å². The zero-order valence-electron chi connectivity index (χ0n) is 10.0. The quantitative estimate of drug-likeness (QED) is 0.651. The van der Waals surface area contributed by atoms with Gasteiger partial charge in [-0.3, -0.25) is 0 Å². The topological polar surface area (TPSA) is 35.2 Å². The van der Waals surface area contributed by atoms with Gasteiger partial charge in [-0.2, -0.15) is 0 Å². The van der Waals surface area contributed by atoms with Gasteiger partial charge in [0.05, 0.1) is 0 Å². The van der Waals surface area contributed by atoms with Gasteiger partial charge in [-0.1, -0.05) is 30.3 Å². The number of ether oxygens (including phenoxy) is 1. The van der Waals surface area contributed by atoms with E-state index in [-0.39, 0.29) is 0 Å². The summed E-state index contributed by atoms with van der Waals surface area (Å²) in [6.45, 7) is 2.56. The van der Waals surface area contributed by atoms with E-state index in [1.165, 1.54) is 12.0 Å². The molecule has 2 heteroatoms. The Balaban J connectivity index is 1.89. The van der Waals surface area contributed by atoms with Crippen LogP contribution >= 0.6 is 0 Å². The molecule has 0 heterocycles. The van der Waals surface area contributed by atoms with Crippen molar-refractivity contribution in [3.8, 4) is 0 Å². The van der Waals surface area contributed by atoms with Crippen molar-refractivity contribution in [2.75, 3.05) is 19.8 Å². The van der Waals surface area contributed by atoms with Crippen LogP contribution in [0.1, 0.15) is 31.2 Å². The average molecular weight is 221 g/mol. The Morgan fingerprint density at radius 3 is 2.38 bits per heavy atom. The molecule has 1 aromatic carbocycles. The summed E-state index contributed by atoms with van der Waals surface area (Å²) in [6, 6.07) is 10.6. The summed E-state index contributed by atoms with van der Waals surface area (Å²) in [7, 11) is 0. The molecule has 0 atom stereocenters. The molecule has 2 nitrogen and oxygen atoms in total. The van der Waals surface area contributed by atoms with Crippen LogP contribution in [0, 0.1) is 0 Å². The normalized spacial score (nSPS) is 10.6. The molecule has 0 saturated heterocycles. The average Bonchev–Trinajstić information content (AvgIpc) is 2.34. The molecule has 0 saturated carbocycles. The number of unbranched alkanes of at least 4 members (excludes halogenated alkanes) is 2. The molecule has 0 spiro atoms. The maximum Gasteiger partial charge on any atom is 0.0469 e. The van der Waals surface area contributed by atoms with Crippen molar-refractivity contribution in [3.05, 3.63) is 35.9 Å². The van der Waals surface area contributed by atoms with Crippen LogP contribution < -0.4 is 5.73 Å². The molecule has 2 N–H and O–H groups in total. The Kier molecular flexibility index (Phi) is 7.74. The van der Waals surface area contributed by atoms with Gasteiger partial charge in [0.1, 0.15) is 0 Å². The van der Waals surface area contributed by atoms with Crippen LogP contribution in [0.15, 0.2) is 30.3 Å². The number of nitrogens with two attached hydrogens (primary N) is 1. The first kappa shape index (κ1) is 13.2. The second-order valence-electron chi connectivity index (χ2n) is 4.05. The monoisotopic (exact) mass is 221 g/mol. The number of rotatable bonds is 9. The van der Waals surface area contributed by atoms with Crippen LogP contribution in [0.2, 0.25) is 0 Å². The molecule has 0 radical (unpaired) electrons. The van der Waals surface area contributed by atoms with Gasteiger partial charge in [0.15, 0.2) is 0 Å². The lowest BCUT2D eigenvalue weighted by molar-refractivity contribution is 0.128. The van der Waals surface area contributed by atoms with E-state index in [1.807, 2.05) is 0 Å². The molecule has 0 aliphatic rings. The Hall–Kier alpha value is -0.860. The van der Waals surface area contributed by atoms with Gasteiger partial charge >= 0.3 is 0 Å². The van der Waals surface area contributed by atoms with E-state index in [4.69, 9.17) is 10.5 Å². The second kappa shape index (κ2) is 9.37. The zero-order chi connectivity index (χ0) is 11.5. The summed E-state index contributed by atoms with van der Waals surface area (Å²) in [5, 5.41) is 0. The van der Waals surface area contributed by atoms with Crippen LogP contribution in [-0.4, -0.2) is 19.8 Å². The number of hydrogen-bond donors (Lipinski definition) is 1. The van der Waals surface area contributed by atoms with Gasteiger partial charge in [-0.15, -0.1) is 0 Å². The van der Waals surface area contributed by atoms with Gasteiger partial charge in [0, 0.05) is 13.2 Å².